The number of rotatable bonds is 8. The Kier molecular flexibility index (Phi) is 6.98. The van der Waals surface area contributed by atoms with E-state index in [1.54, 1.807) is 24.3 Å². The Hall–Kier alpha value is -3.65. The minimum absolute atomic E-state index is 0.168. The van der Waals surface area contributed by atoms with Crippen molar-refractivity contribution in [2.75, 3.05) is 7.11 Å². The monoisotopic (exact) mass is 476 g/mol. The lowest BCUT2D eigenvalue weighted by Crippen LogP contribution is -2.29. The zero-order valence-electron chi connectivity index (χ0n) is 19.8. The summed E-state index contributed by atoms with van der Waals surface area (Å²) in [6.45, 7) is 7.61. The fraction of sp³-hybridized carbons (Fsp3) is 0.269. The summed E-state index contributed by atoms with van der Waals surface area (Å²) in [6, 6.07) is 11.7. The van der Waals surface area contributed by atoms with Crippen molar-refractivity contribution in [3.8, 4) is 11.5 Å². The van der Waals surface area contributed by atoms with Gasteiger partial charge in [0.15, 0.2) is 5.11 Å². The largest absolute Gasteiger partial charge is 0.496 e. The number of carbonyl (C=O) groups excluding carboxylic acids is 1. The molecule has 0 spiro atoms. The van der Waals surface area contributed by atoms with E-state index in [4.69, 9.17) is 21.7 Å². The third-order valence-corrected chi connectivity index (χ3v) is 6.19. The normalized spacial score (nSPS) is 14.6. The molecule has 8 heteroatoms. The van der Waals surface area contributed by atoms with Gasteiger partial charge in [0.2, 0.25) is 0 Å². The van der Waals surface area contributed by atoms with E-state index < -0.39 is 0 Å². The lowest BCUT2D eigenvalue weighted by molar-refractivity contribution is -0.122. The predicted molar refractivity (Wildman–Crippen MR) is 135 cm³/mol. The number of amides is 1. The van der Waals surface area contributed by atoms with Crippen LogP contribution in [-0.2, 0) is 24.5 Å². The molecule has 0 aliphatic carbocycles. The molecule has 0 bridgehead atoms. The van der Waals surface area contributed by atoms with Gasteiger partial charge in [-0.2, -0.15) is 5.10 Å². The van der Waals surface area contributed by atoms with Crippen LogP contribution in [0.2, 0.25) is 0 Å². The summed E-state index contributed by atoms with van der Waals surface area (Å²) in [7, 11) is 1.63. The number of nitrogens with one attached hydrogen (secondary N) is 1. The Labute approximate surface area is 205 Å². The Morgan fingerprint density at radius 2 is 2.00 bits per heavy atom. The number of aromatic nitrogens is 2. The number of ether oxygens (including phenoxy) is 2. The highest BCUT2D eigenvalue weighted by Crippen LogP contribution is 2.26. The fourth-order valence-electron chi connectivity index (χ4n) is 3.76. The second-order valence-electron chi connectivity index (χ2n) is 8.14. The number of methoxy groups -OCH3 is 1. The molecular formula is C26H28N4O3S. The number of aryl methyl sites for hydroxylation is 2. The van der Waals surface area contributed by atoms with Crippen molar-refractivity contribution in [2.24, 2.45) is 0 Å². The highest BCUT2D eigenvalue weighted by molar-refractivity contribution is 7.80. The molecule has 1 amide bonds. The summed E-state index contributed by atoms with van der Waals surface area (Å²) in [5.74, 6) is 1.40. The van der Waals surface area contributed by atoms with Crippen LogP contribution < -0.4 is 14.8 Å². The first-order chi connectivity index (χ1) is 16.4. The van der Waals surface area contributed by atoms with Crippen LogP contribution in [-0.4, -0.2) is 32.8 Å². The van der Waals surface area contributed by atoms with E-state index in [0.717, 1.165) is 40.3 Å². The van der Waals surface area contributed by atoms with Crippen LogP contribution in [0.4, 0.5) is 0 Å². The van der Waals surface area contributed by atoms with Crippen LogP contribution in [0.1, 0.15) is 34.7 Å². The first kappa shape index (κ1) is 23.5. The SMILES string of the molecule is CCn1cc(CN2C(=O)/C(=C\c3ccc(OC)c(COc4cccc(C)c4C)c3)NC2=S)cn1. The van der Waals surface area contributed by atoms with Crippen molar-refractivity contribution in [1.82, 2.24) is 20.0 Å². The highest BCUT2D eigenvalue weighted by atomic mass is 32.1. The molecule has 1 fully saturated rings. The van der Waals surface area contributed by atoms with E-state index in [1.165, 1.54) is 5.56 Å². The van der Waals surface area contributed by atoms with E-state index in [2.05, 4.69) is 23.4 Å². The Balaban J connectivity index is 1.52. The van der Waals surface area contributed by atoms with Crippen LogP contribution in [0, 0.1) is 13.8 Å². The molecule has 0 unspecified atom stereocenters. The average Bonchev–Trinajstić information content (AvgIpc) is 3.40. The van der Waals surface area contributed by atoms with Gasteiger partial charge in [0.1, 0.15) is 23.8 Å². The minimum Gasteiger partial charge on any atom is -0.496 e. The summed E-state index contributed by atoms with van der Waals surface area (Å²) >= 11 is 5.41. The zero-order valence-corrected chi connectivity index (χ0v) is 20.6. The standard InChI is InChI=1S/C26H28N4O3S/c1-5-29-14-20(13-27-29)15-30-25(31)22(28-26(30)34)12-19-9-10-24(32-4)21(11-19)16-33-23-8-6-7-17(2)18(23)3/h6-14H,5,15-16H2,1-4H3,(H,28,34)/b22-12+. The Morgan fingerprint density at radius 3 is 2.74 bits per heavy atom. The van der Waals surface area contributed by atoms with Crippen LogP contribution in [0.15, 0.2) is 54.5 Å². The molecule has 0 atom stereocenters. The first-order valence-electron chi connectivity index (χ1n) is 11.1. The molecule has 3 aromatic rings. The smallest absolute Gasteiger partial charge is 0.276 e. The van der Waals surface area contributed by atoms with Gasteiger partial charge in [0.25, 0.3) is 5.91 Å². The van der Waals surface area contributed by atoms with Gasteiger partial charge in [-0.3, -0.25) is 14.4 Å². The van der Waals surface area contributed by atoms with Gasteiger partial charge >= 0.3 is 0 Å². The van der Waals surface area contributed by atoms with Gasteiger partial charge in [0, 0.05) is 23.9 Å². The molecule has 1 aromatic heterocycles. The summed E-state index contributed by atoms with van der Waals surface area (Å²) in [5, 5.41) is 7.69. The van der Waals surface area contributed by atoms with E-state index in [0.29, 0.717) is 24.0 Å². The zero-order chi connectivity index (χ0) is 24.2. The van der Waals surface area contributed by atoms with Crippen LogP contribution in [0.3, 0.4) is 0 Å². The van der Waals surface area contributed by atoms with E-state index >= 15 is 0 Å². The quantitative estimate of drug-likeness (QED) is 0.385. The van der Waals surface area contributed by atoms with Crippen molar-refractivity contribution in [3.05, 3.63) is 82.3 Å². The molecule has 1 N–H and O–H groups in total. The molecule has 0 radical (unpaired) electrons. The van der Waals surface area contributed by atoms with Gasteiger partial charge in [0.05, 0.1) is 19.9 Å². The number of thiocarbonyl (C=S) groups is 1. The summed E-state index contributed by atoms with van der Waals surface area (Å²) in [4.78, 5) is 14.6. The van der Waals surface area contributed by atoms with Gasteiger partial charge in [-0.05, 0) is 74.0 Å². The molecule has 1 saturated heterocycles. The fourth-order valence-corrected chi connectivity index (χ4v) is 4.02. The van der Waals surface area contributed by atoms with Gasteiger partial charge in [-0.1, -0.05) is 18.2 Å². The van der Waals surface area contributed by atoms with Gasteiger partial charge < -0.3 is 14.8 Å². The van der Waals surface area contributed by atoms with Crippen molar-refractivity contribution < 1.29 is 14.3 Å². The molecule has 4 rings (SSSR count). The van der Waals surface area contributed by atoms with Crippen molar-refractivity contribution in [3.63, 3.8) is 0 Å². The predicted octanol–water partition coefficient (Wildman–Crippen LogP) is 4.37. The van der Waals surface area contributed by atoms with Crippen molar-refractivity contribution in [2.45, 2.75) is 40.5 Å². The number of benzene rings is 2. The van der Waals surface area contributed by atoms with E-state index in [-0.39, 0.29) is 5.91 Å². The minimum atomic E-state index is -0.168. The Morgan fingerprint density at radius 1 is 1.18 bits per heavy atom. The number of carbonyl (C=O) groups is 1. The maximum atomic E-state index is 13.0. The molecule has 2 aromatic carbocycles. The van der Waals surface area contributed by atoms with E-state index in [1.807, 2.05) is 55.1 Å². The second-order valence-corrected chi connectivity index (χ2v) is 8.53. The molecular weight excluding hydrogens is 448 g/mol. The third-order valence-electron chi connectivity index (χ3n) is 5.87. The molecule has 1 aliphatic heterocycles. The van der Waals surface area contributed by atoms with Crippen molar-refractivity contribution in [1.29, 1.82) is 0 Å². The maximum absolute atomic E-state index is 13.0. The maximum Gasteiger partial charge on any atom is 0.276 e. The Bertz CT molecular complexity index is 1260. The van der Waals surface area contributed by atoms with Crippen LogP contribution in [0.25, 0.3) is 6.08 Å². The van der Waals surface area contributed by atoms with E-state index in [9.17, 15) is 4.79 Å². The van der Waals surface area contributed by atoms with Gasteiger partial charge in [-0.25, -0.2) is 0 Å². The highest BCUT2D eigenvalue weighted by Gasteiger charge is 2.31. The molecule has 7 nitrogen and oxygen atoms in total. The summed E-state index contributed by atoms with van der Waals surface area (Å²) in [5.41, 5.74) is 5.37. The second kappa shape index (κ2) is 10.1. The number of hydrogen-bond acceptors (Lipinski definition) is 5. The summed E-state index contributed by atoms with van der Waals surface area (Å²) in [6.07, 6.45) is 5.47. The third kappa shape index (κ3) is 4.97. The average molecular weight is 477 g/mol. The molecule has 2 heterocycles. The summed E-state index contributed by atoms with van der Waals surface area (Å²) < 4.78 is 13.4. The lowest BCUT2D eigenvalue weighted by Gasteiger charge is -2.14. The number of nitrogens with zero attached hydrogens (tertiary/aromatic N) is 3. The topological polar surface area (TPSA) is 68.6 Å². The van der Waals surface area contributed by atoms with Crippen molar-refractivity contribution >= 4 is 29.3 Å². The van der Waals surface area contributed by atoms with Gasteiger partial charge in [-0.15, -0.1) is 0 Å². The lowest BCUT2D eigenvalue weighted by atomic mass is 10.1. The van der Waals surface area contributed by atoms with Crippen LogP contribution >= 0.6 is 12.2 Å². The first-order valence-corrected chi connectivity index (χ1v) is 11.5. The molecule has 176 valence electrons. The molecule has 34 heavy (non-hydrogen) atoms. The van der Waals surface area contributed by atoms with Crippen LogP contribution in [0.5, 0.6) is 11.5 Å². The molecule has 0 saturated carbocycles. The number of hydrogen-bond donors (Lipinski definition) is 1. The molecule has 1 aliphatic rings.